The second-order valence-corrected chi connectivity index (χ2v) is 4.39. The van der Waals surface area contributed by atoms with Gasteiger partial charge in [0.25, 0.3) is 0 Å². The lowest BCUT2D eigenvalue weighted by molar-refractivity contribution is -0.128. The van der Waals surface area contributed by atoms with Crippen LogP contribution in [0, 0.1) is 13.8 Å². The van der Waals surface area contributed by atoms with Gasteiger partial charge in [-0.1, -0.05) is 23.8 Å². The van der Waals surface area contributed by atoms with Gasteiger partial charge in [-0.25, -0.2) is 0 Å². The van der Waals surface area contributed by atoms with Crippen LogP contribution < -0.4 is 0 Å². The summed E-state index contributed by atoms with van der Waals surface area (Å²) in [5, 5.41) is -0.583. The van der Waals surface area contributed by atoms with E-state index in [0.717, 1.165) is 16.7 Å². The average Bonchev–Trinajstić information content (AvgIpc) is 2.19. The molecule has 3 heteroatoms. The molecule has 0 fully saturated rings. The predicted octanol–water partition coefficient (Wildman–Crippen LogP) is 2.67. The van der Waals surface area contributed by atoms with Crippen molar-refractivity contribution in [2.45, 2.75) is 19.2 Å². The summed E-state index contributed by atoms with van der Waals surface area (Å²) in [5.41, 5.74) is 3.07. The molecule has 1 aromatic rings. The lowest BCUT2D eigenvalue weighted by Crippen LogP contribution is -2.26. The maximum Gasteiger partial charge on any atom is 0.244 e. The Morgan fingerprint density at radius 3 is 2.47 bits per heavy atom. The summed E-state index contributed by atoms with van der Waals surface area (Å²) in [6.07, 6.45) is 0. The third kappa shape index (κ3) is 2.72. The van der Waals surface area contributed by atoms with Gasteiger partial charge in [-0.05, 0) is 25.0 Å². The van der Waals surface area contributed by atoms with Crippen molar-refractivity contribution in [3.8, 4) is 0 Å². The Morgan fingerprint density at radius 1 is 1.33 bits per heavy atom. The Bertz CT molecular complexity index is 374. The van der Waals surface area contributed by atoms with Crippen LogP contribution in [0.4, 0.5) is 0 Å². The molecule has 0 bridgehead atoms. The van der Waals surface area contributed by atoms with Crippen molar-refractivity contribution in [2.24, 2.45) is 0 Å². The highest BCUT2D eigenvalue weighted by atomic mass is 35.5. The number of alkyl halides is 1. The number of halogens is 1. The van der Waals surface area contributed by atoms with Crippen LogP contribution >= 0.6 is 11.6 Å². The highest BCUT2D eigenvalue weighted by Crippen LogP contribution is 2.26. The Balaban J connectivity index is 3.05. The van der Waals surface area contributed by atoms with Crippen molar-refractivity contribution >= 4 is 17.5 Å². The molecule has 2 nitrogen and oxygen atoms in total. The van der Waals surface area contributed by atoms with Gasteiger partial charge in [0, 0.05) is 14.1 Å². The third-order valence-corrected chi connectivity index (χ3v) is 2.79. The second-order valence-electron chi connectivity index (χ2n) is 3.96. The Kier molecular flexibility index (Phi) is 3.75. The molecule has 0 radical (unpaired) electrons. The number of likely N-dealkylation sites (N-methyl/N-ethyl adjacent to an activating group) is 1. The van der Waals surface area contributed by atoms with Crippen LogP contribution in [0.25, 0.3) is 0 Å². The number of carbonyl (C=O) groups is 1. The molecule has 0 spiro atoms. The number of amides is 1. The van der Waals surface area contributed by atoms with Crippen LogP contribution in [0.1, 0.15) is 22.1 Å². The maximum atomic E-state index is 11.7. The van der Waals surface area contributed by atoms with E-state index >= 15 is 0 Å². The van der Waals surface area contributed by atoms with Gasteiger partial charge in [0.2, 0.25) is 5.91 Å². The van der Waals surface area contributed by atoms with E-state index in [4.69, 9.17) is 11.6 Å². The second kappa shape index (κ2) is 4.67. The van der Waals surface area contributed by atoms with Crippen molar-refractivity contribution in [1.29, 1.82) is 0 Å². The van der Waals surface area contributed by atoms with Gasteiger partial charge in [-0.15, -0.1) is 11.6 Å². The first-order valence-electron chi connectivity index (χ1n) is 4.86. The molecule has 0 N–H and O–H groups in total. The molecule has 0 saturated heterocycles. The predicted molar refractivity (Wildman–Crippen MR) is 63.2 cm³/mol. The van der Waals surface area contributed by atoms with Crippen LogP contribution in [-0.2, 0) is 4.79 Å². The molecule has 1 amide bonds. The number of rotatable bonds is 2. The van der Waals surface area contributed by atoms with Gasteiger partial charge >= 0.3 is 0 Å². The minimum atomic E-state index is -0.583. The molecule has 0 aromatic heterocycles. The molecule has 1 unspecified atom stereocenters. The number of aryl methyl sites for hydroxylation is 2. The Morgan fingerprint density at radius 2 is 1.93 bits per heavy atom. The summed E-state index contributed by atoms with van der Waals surface area (Å²) in [4.78, 5) is 13.2. The van der Waals surface area contributed by atoms with E-state index in [1.54, 1.807) is 14.1 Å². The molecule has 1 rings (SSSR count). The van der Waals surface area contributed by atoms with Crippen LogP contribution in [0.5, 0.6) is 0 Å². The van der Waals surface area contributed by atoms with Crippen molar-refractivity contribution < 1.29 is 4.79 Å². The lowest BCUT2D eigenvalue weighted by atomic mass is 10.0. The fourth-order valence-corrected chi connectivity index (χ4v) is 1.82. The number of hydrogen-bond acceptors (Lipinski definition) is 1. The number of carbonyl (C=O) groups excluding carboxylic acids is 1. The zero-order valence-electron chi connectivity index (χ0n) is 9.54. The van der Waals surface area contributed by atoms with E-state index in [9.17, 15) is 4.79 Å². The molecule has 1 atom stereocenters. The quantitative estimate of drug-likeness (QED) is 0.709. The van der Waals surface area contributed by atoms with E-state index in [2.05, 4.69) is 0 Å². The third-order valence-electron chi connectivity index (χ3n) is 2.37. The van der Waals surface area contributed by atoms with Crippen LogP contribution in [0.2, 0.25) is 0 Å². The van der Waals surface area contributed by atoms with Crippen molar-refractivity contribution in [1.82, 2.24) is 4.90 Å². The smallest absolute Gasteiger partial charge is 0.244 e. The fraction of sp³-hybridized carbons (Fsp3) is 0.417. The van der Waals surface area contributed by atoms with Gasteiger partial charge < -0.3 is 4.90 Å². The van der Waals surface area contributed by atoms with Gasteiger partial charge in [0.15, 0.2) is 0 Å². The number of benzene rings is 1. The van der Waals surface area contributed by atoms with Crippen molar-refractivity contribution in [3.05, 3.63) is 34.9 Å². The standard InChI is InChI=1S/C12H16ClNO/c1-8-5-6-9(2)10(7-8)11(13)12(15)14(3)4/h5-7,11H,1-4H3. The minimum absolute atomic E-state index is 0.0784. The van der Waals surface area contributed by atoms with Crippen molar-refractivity contribution in [2.75, 3.05) is 14.1 Å². The molecular weight excluding hydrogens is 210 g/mol. The molecule has 0 aliphatic carbocycles. The van der Waals surface area contributed by atoms with Crippen LogP contribution in [0.15, 0.2) is 18.2 Å². The topological polar surface area (TPSA) is 20.3 Å². The largest absolute Gasteiger partial charge is 0.347 e. The van der Waals surface area contributed by atoms with E-state index < -0.39 is 5.38 Å². The molecule has 0 aliphatic heterocycles. The van der Waals surface area contributed by atoms with Gasteiger partial charge in [-0.3, -0.25) is 4.79 Å². The van der Waals surface area contributed by atoms with Crippen molar-refractivity contribution in [3.63, 3.8) is 0 Å². The number of nitrogens with zero attached hydrogens (tertiary/aromatic N) is 1. The van der Waals surface area contributed by atoms with Crippen LogP contribution in [0.3, 0.4) is 0 Å². The Labute approximate surface area is 95.8 Å². The summed E-state index contributed by atoms with van der Waals surface area (Å²) < 4.78 is 0. The van der Waals surface area contributed by atoms with Gasteiger partial charge in [0.1, 0.15) is 5.38 Å². The van der Waals surface area contributed by atoms with E-state index in [-0.39, 0.29) is 5.91 Å². The first kappa shape index (κ1) is 12.1. The fourth-order valence-electron chi connectivity index (χ4n) is 1.39. The first-order valence-corrected chi connectivity index (χ1v) is 5.29. The average molecular weight is 226 g/mol. The SMILES string of the molecule is Cc1ccc(C)c(C(Cl)C(=O)N(C)C)c1. The summed E-state index contributed by atoms with van der Waals surface area (Å²) >= 11 is 6.14. The number of hydrogen-bond donors (Lipinski definition) is 0. The highest BCUT2D eigenvalue weighted by Gasteiger charge is 2.20. The molecule has 1 aromatic carbocycles. The summed E-state index contributed by atoms with van der Waals surface area (Å²) in [6.45, 7) is 3.96. The van der Waals surface area contributed by atoms with Gasteiger partial charge in [0.05, 0.1) is 0 Å². The van der Waals surface area contributed by atoms with E-state index in [1.165, 1.54) is 4.90 Å². The summed E-state index contributed by atoms with van der Waals surface area (Å²) in [6, 6.07) is 5.97. The maximum absolute atomic E-state index is 11.7. The molecule has 0 saturated carbocycles. The molecule has 15 heavy (non-hydrogen) atoms. The van der Waals surface area contributed by atoms with Crippen LogP contribution in [-0.4, -0.2) is 24.9 Å². The van der Waals surface area contributed by atoms with Gasteiger partial charge in [-0.2, -0.15) is 0 Å². The summed E-state index contributed by atoms with van der Waals surface area (Å²) in [5.74, 6) is -0.0784. The molecular formula is C12H16ClNO. The highest BCUT2D eigenvalue weighted by molar-refractivity contribution is 6.30. The molecule has 0 aliphatic rings. The van der Waals surface area contributed by atoms with E-state index in [0.29, 0.717) is 0 Å². The lowest BCUT2D eigenvalue weighted by Gasteiger charge is -2.17. The zero-order chi connectivity index (χ0) is 11.6. The molecule has 82 valence electrons. The first-order chi connectivity index (χ1) is 6.93. The molecule has 0 heterocycles. The zero-order valence-corrected chi connectivity index (χ0v) is 10.3. The monoisotopic (exact) mass is 225 g/mol. The minimum Gasteiger partial charge on any atom is -0.347 e. The summed E-state index contributed by atoms with van der Waals surface area (Å²) in [7, 11) is 3.42. The van der Waals surface area contributed by atoms with E-state index in [1.807, 2.05) is 32.0 Å². The Hall–Kier alpha value is -1.02. The normalized spacial score (nSPS) is 12.3.